The van der Waals surface area contributed by atoms with Crippen LogP contribution in [0.5, 0.6) is 0 Å². The van der Waals surface area contributed by atoms with E-state index >= 15 is 0 Å². The minimum atomic E-state index is -1.32. The summed E-state index contributed by atoms with van der Waals surface area (Å²) in [4.78, 5) is 10.6. The Labute approximate surface area is 79.2 Å². The normalized spacial score (nSPS) is 12.6. The summed E-state index contributed by atoms with van der Waals surface area (Å²) >= 11 is 0. The second-order valence-electron chi connectivity index (χ2n) is 2.95. The Morgan fingerprint density at radius 1 is 1.43 bits per heavy atom. The molecule has 0 aromatic heterocycles. The van der Waals surface area contributed by atoms with E-state index in [0.717, 1.165) is 6.07 Å². The van der Waals surface area contributed by atoms with Gasteiger partial charge >= 0.3 is 5.97 Å². The number of rotatable bonds is 2. The average molecular weight is 201 g/mol. The van der Waals surface area contributed by atoms with Crippen LogP contribution in [0.3, 0.4) is 0 Å². The highest BCUT2D eigenvalue weighted by Gasteiger charge is 2.17. The first kappa shape index (κ1) is 10.6. The molecule has 0 aliphatic heterocycles. The largest absolute Gasteiger partial charge is 0.478 e. The summed E-state index contributed by atoms with van der Waals surface area (Å²) < 4.78 is 25.5. The third kappa shape index (κ3) is 1.88. The van der Waals surface area contributed by atoms with Crippen molar-refractivity contribution < 1.29 is 18.7 Å². The van der Waals surface area contributed by atoms with Crippen molar-refractivity contribution in [3.63, 3.8) is 0 Å². The fraction of sp³-hybridized carbons (Fsp3) is 0.222. The van der Waals surface area contributed by atoms with Gasteiger partial charge in [-0.05, 0) is 24.6 Å². The Hall–Kier alpha value is -1.49. The van der Waals surface area contributed by atoms with Crippen LogP contribution < -0.4 is 5.73 Å². The zero-order chi connectivity index (χ0) is 10.9. The van der Waals surface area contributed by atoms with E-state index in [9.17, 15) is 13.6 Å². The monoisotopic (exact) mass is 201 g/mol. The summed E-state index contributed by atoms with van der Waals surface area (Å²) in [6, 6.07) is 0.788. The van der Waals surface area contributed by atoms with Gasteiger partial charge in [0.15, 0.2) is 11.6 Å². The zero-order valence-corrected chi connectivity index (χ0v) is 7.42. The molecule has 0 aliphatic rings. The number of halogens is 2. The Kier molecular flexibility index (Phi) is 2.81. The van der Waals surface area contributed by atoms with Crippen LogP contribution in [-0.2, 0) is 0 Å². The fourth-order valence-corrected chi connectivity index (χ4v) is 1.12. The lowest BCUT2D eigenvalue weighted by atomic mass is 10.0. The zero-order valence-electron chi connectivity index (χ0n) is 7.42. The van der Waals surface area contributed by atoms with Crippen LogP contribution in [0, 0.1) is 11.6 Å². The van der Waals surface area contributed by atoms with Gasteiger partial charge in [-0.1, -0.05) is 0 Å². The maximum atomic E-state index is 12.8. The van der Waals surface area contributed by atoms with Gasteiger partial charge in [0.05, 0.1) is 5.56 Å². The molecular weight excluding hydrogens is 192 g/mol. The highest BCUT2D eigenvalue weighted by molar-refractivity contribution is 5.89. The SMILES string of the molecule is C[C@@H](N)c1cc(F)c(F)cc1C(=O)O. The molecule has 1 atom stereocenters. The second kappa shape index (κ2) is 3.71. The summed E-state index contributed by atoms with van der Waals surface area (Å²) in [5.74, 6) is -3.61. The van der Waals surface area contributed by atoms with Gasteiger partial charge in [-0.25, -0.2) is 13.6 Å². The van der Waals surface area contributed by atoms with Crippen LogP contribution in [0.2, 0.25) is 0 Å². The first-order valence-electron chi connectivity index (χ1n) is 3.91. The molecule has 76 valence electrons. The molecule has 1 rings (SSSR count). The van der Waals surface area contributed by atoms with Crippen LogP contribution in [0.25, 0.3) is 0 Å². The third-order valence-corrected chi connectivity index (χ3v) is 1.81. The summed E-state index contributed by atoms with van der Waals surface area (Å²) in [7, 11) is 0. The summed E-state index contributed by atoms with van der Waals surface area (Å²) in [5.41, 5.74) is 5.19. The van der Waals surface area contributed by atoms with Crippen molar-refractivity contribution in [1.29, 1.82) is 0 Å². The van der Waals surface area contributed by atoms with Gasteiger partial charge in [-0.15, -0.1) is 0 Å². The molecule has 0 unspecified atom stereocenters. The van der Waals surface area contributed by atoms with Gasteiger partial charge in [-0.2, -0.15) is 0 Å². The minimum Gasteiger partial charge on any atom is -0.478 e. The van der Waals surface area contributed by atoms with Gasteiger partial charge < -0.3 is 10.8 Å². The quantitative estimate of drug-likeness (QED) is 0.765. The van der Waals surface area contributed by atoms with E-state index in [1.54, 1.807) is 0 Å². The number of carboxylic acids is 1. The molecule has 0 saturated carbocycles. The van der Waals surface area contributed by atoms with E-state index in [4.69, 9.17) is 10.8 Å². The van der Waals surface area contributed by atoms with Gasteiger partial charge in [0, 0.05) is 6.04 Å². The molecule has 3 nitrogen and oxygen atoms in total. The molecule has 0 saturated heterocycles. The number of hydrogen-bond donors (Lipinski definition) is 2. The number of hydrogen-bond acceptors (Lipinski definition) is 2. The Balaban J connectivity index is 3.39. The standard InChI is InChI=1S/C9H9F2NO2/c1-4(12)5-2-7(10)8(11)3-6(5)9(13)14/h2-4H,12H2,1H3,(H,13,14)/t4-/m1/s1. The number of carbonyl (C=O) groups is 1. The van der Waals surface area contributed by atoms with Gasteiger partial charge in [-0.3, -0.25) is 0 Å². The molecular formula is C9H9F2NO2. The van der Waals surface area contributed by atoms with Crippen molar-refractivity contribution in [2.75, 3.05) is 0 Å². The van der Waals surface area contributed by atoms with Crippen molar-refractivity contribution >= 4 is 5.97 Å². The first-order chi connectivity index (χ1) is 6.43. The van der Waals surface area contributed by atoms with E-state index in [2.05, 4.69) is 0 Å². The Bertz CT molecular complexity index is 377. The molecule has 0 bridgehead atoms. The topological polar surface area (TPSA) is 63.3 Å². The summed E-state index contributed by atoms with van der Waals surface area (Å²) in [5, 5.41) is 8.69. The molecule has 0 amide bonds. The highest BCUT2D eigenvalue weighted by Crippen LogP contribution is 2.19. The predicted octanol–water partition coefficient (Wildman–Crippen LogP) is 1.68. The second-order valence-corrected chi connectivity index (χ2v) is 2.95. The van der Waals surface area contributed by atoms with Crippen molar-refractivity contribution in [3.05, 3.63) is 34.9 Å². The van der Waals surface area contributed by atoms with Crippen molar-refractivity contribution in [3.8, 4) is 0 Å². The number of aromatic carboxylic acids is 1. The van der Waals surface area contributed by atoms with Crippen LogP contribution >= 0.6 is 0 Å². The molecule has 5 heteroatoms. The average Bonchev–Trinajstić information content (AvgIpc) is 2.08. The molecule has 0 fully saturated rings. The molecule has 0 aliphatic carbocycles. The molecule has 0 radical (unpaired) electrons. The lowest BCUT2D eigenvalue weighted by Gasteiger charge is -2.09. The molecule has 0 spiro atoms. The smallest absolute Gasteiger partial charge is 0.336 e. The van der Waals surface area contributed by atoms with E-state index in [1.165, 1.54) is 6.92 Å². The van der Waals surface area contributed by atoms with E-state index in [0.29, 0.717) is 6.07 Å². The number of carboxylic acid groups (broad SMARTS) is 1. The number of nitrogens with two attached hydrogens (primary N) is 1. The fourth-order valence-electron chi connectivity index (χ4n) is 1.12. The van der Waals surface area contributed by atoms with Crippen LogP contribution in [0.1, 0.15) is 28.9 Å². The van der Waals surface area contributed by atoms with Crippen LogP contribution in [0.4, 0.5) is 8.78 Å². The summed E-state index contributed by atoms with van der Waals surface area (Å²) in [6.07, 6.45) is 0. The van der Waals surface area contributed by atoms with E-state index in [-0.39, 0.29) is 11.1 Å². The summed E-state index contributed by atoms with van der Waals surface area (Å²) in [6.45, 7) is 1.50. The molecule has 14 heavy (non-hydrogen) atoms. The Morgan fingerprint density at radius 2 is 1.93 bits per heavy atom. The lowest BCUT2D eigenvalue weighted by Crippen LogP contribution is -2.13. The highest BCUT2D eigenvalue weighted by atomic mass is 19.2. The molecule has 0 heterocycles. The maximum Gasteiger partial charge on any atom is 0.336 e. The van der Waals surface area contributed by atoms with Gasteiger partial charge in [0.1, 0.15) is 0 Å². The predicted molar refractivity (Wildman–Crippen MR) is 45.9 cm³/mol. The first-order valence-corrected chi connectivity index (χ1v) is 3.91. The van der Waals surface area contributed by atoms with Crippen LogP contribution in [0.15, 0.2) is 12.1 Å². The third-order valence-electron chi connectivity index (χ3n) is 1.81. The molecule has 1 aromatic rings. The minimum absolute atomic E-state index is 0.0800. The van der Waals surface area contributed by atoms with Gasteiger partial charge in [0.25, 0.3) is 0 Å². The van der Waals surface area contributed by atoms with E-state index in [1.807, 2.05) is 0 Å². The van der Waals surface area contributed by atoms with E-state index < -0.39 is 23.6 Å². The molecule has 3 N–H and O–H groups in total. The number of benzene rings is 1. The van der Waals surface area contributed by atoms with Crippen molar-refractivity contribution in [2.24, 2.45) is 5.73 Å². The lowest BCUT2D eigenvalue weighted by molar-refractivity contribution is 0.0694. The maximum absolute atomic E-state index is 12.8. The van der Waals surface area contributed by atoms with Crippen molar-refractivity contribution in [1.82, 2.24) is 0 Å². The van der Waals surface area contributed by atoms with Crippen LogP contribution in [-0.4, -0.2) is 11.1 Å². The van der Waals surface area contributed by atoms with Gasteiger partial charge in [0.2, 0.25) is 0 Å². The Morgan fingerprint density at radius 3 is 2.36 bits per heavy atom. The molecule has 1 aromatic carbocycles. The van der Waals surface area contributed by atoms with Crippen molar-refractivity contribution in [2.45, 2.75) is 13.0 Å².